The monoisotopic (exact) mass is 509 g/mol. The molecule has 0 radical (unpaired) electrons. The number of alkyl halides is 2. The van der Waals surface area contributed by atoms with Gasteiger partial charge in [-0.05, 0) is 17.7 Å². The van der Waals surface area contributed by atoms with E-state index in [4.69, 9.17) is 9.47 Å². The summed E-state index contributed by atoms with van der Waals surface area (Å²) in [5.41, 5.74) is 2.15. The average Bonchev–Trinajstić information content (AvgIpc) is 2.90. The minimum Gasteiger partial charge on any atom is -0.497 e. The molecule has 0 fully saturated rings. The number of halogens is 2. The van der Waals surface area contributed by atoms with Gasteiger partial charge in [-0.2, -0.15) is 4.98 Å². The van der Waals surface area contributed by atoms with Crippen LogP contribution in [-0.2, 0) is 17.8 Å². The molecule has 2 aromatic carbocycles. The highest BCUT2D eigenvalue weighted by molar-refractivity contribution is 6.05. The lowest BCUT2D eigenvalue weighted by Crippen LogP contribution is -2.49. The lowest BCUT2D eigenvalue weighted by atomic mass is 10.1. The van der Waals surface area contributed by atoms with Crippen LogP contribution in [0.3, 0.4) is 0 Å². The van der Waals surface area contributed by atoms with E-state index >= 15 is 0 Å². The fourth-order valence-electron chi connectivity index (χ4n) is 3.91. The predicted molar refractivity (Wildman–Crippen MR) is 135 cm³/mol. The van der Waals surface area contributed by atoms with Gasteiger partial charge in [0, 0.05) is 42.1 Å². The smallest absolute Gasteiger partial charge is 0.330 e. The molecule has 11 heteroatoms. The molecule has 0 spiro atoms. The van der Waals surface area contributed by atoms with Gasteiger partial charge in [0.25, 0.3) is 6.43 Å². The van der Waals surface area contributed by atoms with Gasteiger partial charge in [0.2, 0.25) is 5.95 Å². The number of nitrogens with zero attached hydrogens (tertiary/aromatic N) is 4. The maximum Gasteiger partial charge on any atom is 0.330 e. The van der Waals surface area contributed by atoms with E-state index in [0.29, 0.717) is 34.0 Å². The number of carbonyl (C=O) groups is 2. The van der Waals surface area contributed by atoms with E-state index in [1.54, 1.807) is 42.5 Å². The average molecular weight is 510 g/mol. The fourth-order valence-corrected chi connectivity index (χ4v) is 3.91. The number of carbonyl (C=O) groups excluding carboxylic acids is 2. The third kappa shape index (κ3) is 5.66. The number of hydrogen-bond acceptors (Lipinski definition) is 7. The number of allylic oxidation sites excluding steroid dienone is 1. The summed E-state index contributed by atoms with van der Waals surface area (Å²) in [6.45, 7) is 2.69. The van der Waals surface area contributed by atoms with Gasteiger partial charge in [0.05, 0.1) is 33.0 Å². The van der Waals surface area contributed by atoms with Gasteiger partial charge in [-0.25, -0.2) is 18.6 Å². The molecule has 1 aromatic heterocycles. The summed E-state index contributed by atoms with van der Waals surface area (Å²) in [4.78, 5) is 36.3. The van der Waals surface area contributed by atoms with Crippen LogP contribution in [0.1, 0.15) is 11.1 Å². The number of amides is 2. The molecule has 1 aliphatic rings. The summed E-state index contributed by atoms with van der Waals surface area (Å²) in [6.07, 6.45) is 0.0434. The number of methoxy groups -OCH3 is 2. The number of para-hydroxylation sites is 1. The van der Waals surface area contributed by atoms with Crippen LogP contribution in [0.25, 0.3) is 0 Å². The molecule has 1 N–H and O–H groups in total. The zero-order valence-electron chi connectivity index (χ0n) is 20.3. The summed E-state index contributed by atoms with van der Waals surface area (Å²) >= 11 is 0. The highest BCUT2D eigenvalue weighted by Crippen LogP contribution is 2.35. The van der Waals surface area contributed by atoms with Gasteiger partial charge >= 0.3 is 6.03 Å². The highest BCUT2D eigenvalue weighted by atomic mass is 19.3. The normalized spacial score (nSPS) is 12.8. The number of urea groups is 1. The van der Waals surface area contributed by atoms with E-state index in [1.165, 1.54) is 31.4 Å². The Morgan fingerprint density at radius 2 is 1.89 bits per heavy atom. The molecule has 0 aliphatic carbocycles. The van der Waals surface area contributed by atoms with Crippen LogP contribution in [0, 0.1) is 0 Å². The van der Waals surface area contributed by atoms with Crippen LogP contribution in [-0.4, -0.2) is 49.0 Å². The van der Waals surface area contributed by atoms with E-state index in [1.807, 2.05) is 0 Å². The van der Waals surface area contributed by atoms with Crippen LogP contribution in [0.4, 0.5) is 36.7 Å². The minimum absolute atomic E-state index is 0.0505. The Morgan fingerprint density at radius 1 is 1.19 bits per heavy atom. The van der Waals surface area contributed by atoms with E-state index in [9.17, 15) is 18.4 Å². The zero-order valence-corrected chi connectivity index (χ0v) is 20.3. The maximum absolute atomic E-state index is 13.6. The predicted octanol–water partition coefficient (Wildman–Crippen LogP) is 4.75. The number of benzene rings is 2. The molecule has 0 saturated heterocycles. The van der Waals surface area contributed by atoms with Gasteiger partial charge in [-0.3, -0.25) is 14.6 Å². The van der Waals surface area contributed by atoms with Crippen LogP contribution in [0.5, 0.6) is 11.5 Å². The second-order valence-corrected chi connectivity index (χ2v) is 8.11. The van der Waals surface area contributed by atoms with Crippen molar-refractivity contribution in [2.24, 2.45) is 0 Å². The van der Waals surface area contributed by atoms with Crippen LogP contribution >= 0.6 is 0 Å². The number of hydrogen-bond donors (Lipinski definition) is 1. The minimum atomic E-state index is -2.80. The third-order valence-electron chi connectivity index (χ3n) is 5.71. The number of ether oxygens (including phenoxy) is 2. The number of aromatic nitrogens is 2. The Kier molecular flexibility index (Phi) is 7.61. The Bertz CT molecular complexity index is 1310. The van der Waals surface area contributed by atoms with E-state index in [-0.39, 0.29) is 30.5 Å². The molecule has 2 amide bonds. The first kappa shape index (κ1) is 25.5. The summed E-state index contributed by atoms with van der Waals surface area (Å²) < 4.78 is 37.7. The molecule has 0 bridgehead atoms. The second kappa shape index (κ2) is 11.0. The van der Waals surface area contributed by atoms with E-state index in [2.05, 4.69) is 21.9 Å². The molecule has 37 heavy (non-hydrogen) atoms. The molecule has 192 valence electrons. The van der Waals surface area contributed by atoms with Crippen molar-refractivity contribution < 1.29 is 27.8 Å². The van der Waals surface area contributed by atoms with Crippen molar-refractivity contribution in [3.8, 4) is 11.5 Å². The summed E-state index contributed by atoms with van der Waals surface area (Å²) in [7, 11) is 2.95. The van der Waals surface area contributed by atoms with E-state index in [0.717, 1.165) is 4.90 Å². The molecule has 4 rings (SSSR count). The van der Waals surface area contributed by atoms with Crippen molar-refractivity contribution in [1.82, 2.24) is 9.97 Å². The van der Waals surface area contributed by atoms with Crippen molar-refractivity contribution in [2.45, 2.75) is 19.4 Å². The summed E-state index contributed by atoms with van der Waals surface area (Å²) in [5, 5.41) is 3.03. The molecular formula is C26H25F2N5O4. The SMILES string of the molecule is C=CC(=O)Cc1ccccc1Nc1ncc2c(n1)N(CC(F)F)C(=O)N(c1cc(OC)cc(OC)c1)C2. The van der Waals surface area contributed by atoms with Gasteiger partial charge in [-0.15, -0.1) is 0 Å². The van der Waals surface area contributed by atoms with Crippen LogP contribution in [0.2, 0.25) is 0 Å². The van der Waals surface area contributed by atoms with Crippen molar-refractivity contribution in [3.05, 3.63) is 72.4 Å². The third-order valence-corrected chi connectivity index (χ3v) is 5.71. The lowest BCUT2D eigenvalue weighted by molar-refractivity contribution is -0.114. The highest BCUT2D eigenvalue weighted by Gasteiger charge is 2.35. The number of anilines is 4. The van der Waals surface area contributed by atoms with Gasteiger partial charge in [-0.1, -0.05) is 24.8 Å². The largest absolute Gasteiger partial charge is 0.497 e. The lowest BCUT2D eigenvalue weighted by Gasteiger charge is -2.36. The Balaban J connectivity index is 1.70. The molecule has 1 aliphatic heterocycles. The fraction of sp³-hybridized carbons (Fsp3) is 0.231. The number of nitrogens with one attached hydrogen (secondary N) is 1. The molecule has 3 aromatic rings. The Morgan fingerprint density at radius 3 is 2.54 bits per heavy atom. The first-order valence-corrected chi connectivity index (χ1v) is 11.3. The van der Waals surface area contributed by atoms with Gasteiger partial charge in [0.1, 0.15) is 17.3 Å². The Hall–Kier alpha value is -4.54. The Labute approximate surface area is 212 Å². The van der Waals surface area contributed by atoms with Gasteiger partial charge in [0.15, 0.2) is 5.78 Å². The van der Waals surface area contributed by atoms with Crippen molar-refractivity contribution in [3.63, 3.8) is 0 Å². The molecule has 0 unspecified atom stereocenters. The molecule has 9 nitrogen and oxygen atoms in total. The number of rotatable bonds is 10. The first-order chi connectivity index (χ1) is 17.8. The number of ketones is 1. The zero-order chi connectivity index (χ0) is 26.5. The standard InChI is InChI=1S/C26H25F2N5O4/c1-4-19(34)9-16-7-5-6-8-22(16)30-25-29-13-17-14-32(18-10-20(36-2)12-21(11-18)37-3)26(35)33(15-23(27)28)24(17)31-25/h4-8,10-13,23H,1,9,14-15H2,2-3H3,(H,29,30,31). The van der Waals surface area contributed by atoms with Crippen molar-refractivity contribution in [1.29, 1.82) is 0 Å². The van der Waals surface area contributed by atoms with Gasteiger partial charge < -0.3 is 14.8 Å². The molecule has 0 atom stereocenters. The first-order valence-electron chi connectivity index (χ1n) is 11.3. The molecule has 2 heterocycles. The van der Waals surface area contributed by atoms with E-state index < -0.39 is 19.0 Å². The molecule has 0 saturated carbocycles. The van der Waals surface area contributed by atoms with Crippen LogP contribution in [0.15, 0.2) is 61.3 Å². The van der Waals surface area contributed by atoms with Crippen molar-refractivity contribution in [2.75, 3.05) is 35.9 Å². The summed E-state index contributed by atoms with van der Waals surface area (Å²) in [5.74, 6) is 0.897. The topological polar surface area (TPSA) is 96.9 Å². The van der Waals surface area contributed by atoms with Crippen LogP contribution < -0.4 is 24.6 Å². The number of fused-ring (bicyclic) bond motifs is 1. The summed E-state index contributed by atoms with van der Waals surface area (Å²) in [6, 6.07) is 11.3. The maximum atomic E-state index is 13.6. The molecular weight excluding hydrogens is 484 g/mol. The van der Waals surface area contributed by atoms with Crippen molar-refractivity contribution >= 4 is 35.0 Å². The second-order valence-electron chi connectivity index (χ2n) is 8.11. The quantitative estimate of drug-likeness (QED) is 0.394.